The van der Waals surface area contributed by atoms with Crippen LogP contribution in [0.15, 0.2) is 90.0 Å². The number of benzene rings is 4. The molecule has 0 aliphatic heterocycles. The van der Waals surface area contributed by atoms with Crippen molar-refractivity contribution in [1.29, 1.82) is 0 Å². The van der Waals surface area contributed by atoms with Crippen molar-refractivity contribution in [2.45, 2.75) is 0 Å². The summed E-state index contributed by atoms with van der Waals surface area (Å²) in [6.07, 6.45) is 1.40. The van der Waals surface area contributed by atoms with Crippen LogP contribution in [0.5, 0.6) is 11.5 Å². The number of esters is 1. The Morgan fingerprint density at radius 3 is 2.41 bits per heavy atom. The quantitative estimate of drug-likeness (QED) is 0.154. The van der Waals surface area contributed by atoms with Crippen molar-refractivity contribution in [3.05, 3.63) is 107 Å². The van der Waals surface area contributed by atoms with Gasteiger partial charge in [0.15, 0.2) is 0 Å². The molecular weight excluding hydrogens is 494 g/mol. The SMILES string of the molecule is COc1ccc(C(=O)Oc2ccc3ccccc3c2/C=N/NC(=O)CNC(=O)c2ccccc2Cl)cc1. The number of halogens is 1. The molecule has 0 aliphatic carbocycles. The lowest BCUT2D eigenvalue weighted by Gasteiger charge is -2.11. The van der Waals surface area contributed by atoms with Gasteiger partial charge in [-0.15, -0.1) is 0 Å². The summed E-state index contributed by atoms with van der Waals surface area (Å²) in [6, 6.07) is 24.0. The highest BCUT2D eigenvalue weighted by Gasteiger charge is 2.14. The lowest BCUT2D eigenvalue weighted by atomic mass is 10.0. The Bertz CT molecular complexity index is 1490. The van der Waals surface area contributed by atoms with Crippen molar-refractivity contribution >= 4 is 46.4 Å². The normalized spacial score (nSPS) is 10.8. The molecule has 0 bridgehead atoms. The average Bonchev–Trinajstić information content (AvgIpc) is 2.93. The molecule has 0 fully saturated rings. The molecule has 0 atom stereocenters. The number of hydrogen-bond donors (Lipinski definition) is 2. The Morgan fingerprint density at radius 1 is 0.919 bits per heavy atom. The molecule has 186 valence electrons. The molecule has 4 aromatic carbocycles. The third kappa shape index (κ3) is 6.31. The fraction of sp³-hybridized carbons (Fsp3) is 0.0714. The second-order valence-electron chi connectivity index (χ2n) is 7.77. The van der Waals surface area contributed by atoms with Gasteiger partial charge in [-0.2, -0.15) is 5.10 Å². The minimum Gasteiger partial charge on any atom is -0.497 e. The Balaban J connectivity index is 1.47. The first-order valence-electron chi connectivity index (χ1n) is 11.2. The number of carbonyl (C=O) groups is 3. The molecular formula is C28H22ClN3O5. The van der Waals surface area contributed by atoms with Crippen LogP contribution in [0.4, 0.5) is 0 Å². The van der Waals surface area contributed by atoms with E-state index in [1.807, 2.05) is 30.3 Å². The molecule has 0 saturated carbocycles. The zero-order chi connectivity index (χ0) is 26.2. The molecule has 2 N–H and O–H groups in total. The first-order chi connectivity index (χ1) is 18.0. The maximum absolute atomic E-state index is 12.7. The topological polar surface area (TPSA) is 106 Å². The summed E-state index contributed by atoms with van der Waals surface area (Å²) in [7, 11) is 1.54. The maximum Gasteiger partial charge on any atom is 0.343 e. The van der Waals surface area contributed by atoms with Crippen LogP contribution in [0.2, 0.25) is 5.02 Å². The minimum atomic E-state index is -0.557. The van der Waals surface area contributed by atoms with Gasteiger partial charge in [-0.3, -0.25) is 9.59 Å². The second kappa shape index (κ2) is 11.8. The highest BCUT2D eigenvalue weighted by atomic mass is 35.5. The molecule has 0 radical (unpaired) electrons. The Morgan fingerprint density at radius 2 is 1.65 bits per heavy atom. The molecule has 0 unspecified atom stereocenters. The Labute approximate surface area is 217 Å². The van der Waals surface area contributed by atoms with Gasteiger partial charge in [0, 0.05) is 5.56 Å². The van der Waals surface area contributed by atoms with Crippen molar-refractivity contribution in [2.24, 2.45) is 5.10 Å². The van der Waals surface area contributed by atoms with E-state index in [0.717, 1.165) is 10.8 Å². The Hall–Kier alpha value is -4.69. The summed E-state index contributed by atoms with van der Waals surface area (Å²) in [6.45, 7) is -0.309. The zero-order valence-corrected chi connectivity index (χ0v) is 20.5. The van der Waals surface area contributed by atoms with Gasteiger partial charge < -0.3 is 14.8 Å². The summed E-state index contributed by atoms with van der Waals surface area (Å²) in [5.41, 5.74) is 3.48. The number of fused-ring (bicyclic) bond motifs is 1. The molecule has 2 amide bonds. The molecule has 4 rings (SSSR count). The molecule has 9 heteroatoms. The van der Waals surface area contributed by atoms with Gasteiger partial charge in [-0.25, -0.2) is 10.2 Å². The molecule has 0 saturated heterocycles. The van der Waals surface area contributed by atoms with Crippen molar-refractivity contribution in [1.82, 2.24) is 10.7 Å². The van der Waals surface area contributed by atoms with E-state index in [0.29, 0.717) is 16.9 Å². The number of hydrazone groups is 1. The van der Waals surface area contributed by atoms with Gasteiger partial charge >= 0.3 is 5.97 Å². The maximum atomic E-state index is 12.7. The van der Waals surface area contributed by atoms with Crippen LogP contribution in [-0.2, 0) is 4.79 Å². The number of hydrogen-bond acceptors (Lipinski definition) is 6. The number of amides is 2. The first kappa shape index (κ1) is 25.4. The first-order valence-corrected chi connectivity index (χ1v) is 11.6. The summed E-state index contributed by atoms with van der Waals surface area (Å²) in [5, 5.41) is 8.46. The van der Waals surface area contributed by atoms with Crippen LogP contribution >= 0.6 is 11.6 Å². The number of carbonyl (C=O) groups excluding carboxylic acids is 3. The van der Waals surface area contributed by atoms with Crippen LogP contribution in [0, 0.1) is 0 Å². The molecule has 0 heterocycles. The second-order valence-corrected chi connectivity index (χ2v) is 8.18. The zero-order valence-electron chi connectivity index (χ0n) is 19.7. The summed E-state index contributed by atoms with van der Waals surface area (Å²) >= 11 is 6.01. The lowest BCUT2D eigenvalue weighted by molar-refractivity contribution is -0.120. The van der Waals surface area contributed by atoms with Crippen LogP contribution in [0.1, 0.15) is 26.3 Å². The molecule has 0 spiro atoms. The van der Waals surface area contributed by atoms with Crippen molar-refractivity contribution < 1.29 is 23.9 Å². The van der Waals surface area contributed by atoms with Crippen molar-refractivity contribution in [3.8, 4) is 11.5 Å². The average molecular weight is 516 g/mol. The number of nitrogens with zero attached hydrogens (tertiary/aromatic N) is 1. The molecule has 0 aromatic heterocycles. The van der Waals surface area contributed by atoms with E-state index in [4.69, 9.17) is 21.1 Å². The van der Waals surface area contributed by atoms with Gasteiger partial charge in [0.2, 0.25) is 0 Å². The standard InChI is InChI=1S/C28H22ClN3O5/c1-36-20-13-10-19(11-14-20)28(35)37-25-15-12-18-6-2-3-7-21(18)23(25)16-31-32-26(33)17-30-27(34)22-8-4-5-9-24(22)29/h2-16H,17H2,1H3,(H,30,34)(H,32,33)/b31-16+. The van der Waals surface area contributed by atoms with E-state index in [2.05, 4.69) is 15.8 Å². The van der Waals surface area contributed by atoms with Crippen molar-refractivity contribution in [2.75, 3.05) is 13.7 Å². The number of rotatable bonds is 8. The van der Waals surface area contributed by atoms with E-state index in [1.165, 1.54) is 6.21 Å². The van der Waals surface area contributed by atoms with E-state index >= 15 is 0 Å². The predicted molar refractivity (Wildman–Crippen MR) is 141 cm³/mol. The van der Waals surface area contributed by atoms with E-state index in [1.54, 1.807) is 61.7 Å². The molecule has 0 aliphatic rings. The molecule has 4 aromatic rings. The van der Waals surface area contributed by atoms with Gasteiger partial charge in [-0.1, -0.05) is 54.1 Å². The van der Waals surface area contributed by atoms with Gasteiger partial charge in [0.25, 0.3) is 11.8 Å². The molecule has 8 nitrogen and oxygen atoms in total. The third-order valence-electron chi connectivity index (χ3n) is 5.37. The number of methoxy groups -OCH3 is 1. The van der Waals surface area contributed by atoms with Crippen LogP contribution in [0.3, 0.4) is 0 Å². The smallest absolute Gasteiger partial charge is 0.343 e. The van der Waals surface area contributed by atoms with Crippen molar-refractivity contribution in [3.63, 3.8) is 0 Å². The molecule has 37 heavy (non-hydrogen) atoms. The summed E-state index contributed by atoms with van der Waals surface area (Å²) < 4.78 is 10.8. The Kier molecular flexibility index (Phi) is 8.12. The van der Waals surface area contributed by atoms with Gasteiger partial charge in [0.1, 0.15) is 11.5 Å². The fourth-order valence-electron chi connectivity index (χ4n) is 3.49. The van der Waals surface area contributed by atoms with Gasteiger partial charge in [-0.05, 0) is 53.2 Å². The highest BCUT2D eigenvalue weighted by Crippen LogP contribution is 2.27. The van der Waals surface area contributed by atoms with E-state index in [9.17, 15) is 14.4 Å². The third-order valence-corrected chi connectivity index (χ3v) is 5.70. The number of nitrogens with one attached hydrogen (secondary N) is 2. The van der Waals surface area contributed by atoms with Crippen LogP contribution < -0.4 is 20.2 Å². The number of ether oxygens (including phenoxy) is 2. The summed E-state index contributed by atoms with van der Waals surface area (Å²) in [5.74, 6) is -0.697. The van der Waals surface area contributed by atoms with Gasteiger partial charge in [0.05, 0.1) is 36.0 Å². The summed E-state index contributed by atoms with van der Waals surface area (Å²) in [4.78, 5) is 37.2. The van der Waals surface area contributed by atoms with E-state index in [-0.39, 0.29) is 22.9 Å². The predicted octanol–water partition coefficient (Wildman–Crippen LogP) is 4.60. The largest absolute Gasteiger partial charge is 0.497 e. The monoisotopic (exact) mass is 515 g/mol. The van der Waals surface area contributed by atoms with E-state index < -0.39 is 17.8 Å². The fourth-order valence-corrected chi connectivity index (χ4v) is 3.71. The minimum absolute atomic E-state index is 0.263. The van der Waals surface area contributed by atoms with Crippen LogP contribution in [-0.4, -0.2) is 37.7 Å². The van der Waals surface area contributed by atoms with Crippen LogP contribution in [0.25, 0.3) is 10.8 Å². The highest BCUT2D eigenvalue weighted by molar-refractivity contribution is 6.33. The lowest BCUT2D eigenvalue weighted by Crippen LogP contribution is -2.35.